The molecule has 0 atom stereocenters. The number of aromatic nitrogens is 3. The van der Waals surface area contributed by atoms with E-state index in [1.807, 2.05) is 20.8 Å². The molecule has 19 heavy (non-hydrogen) atoms. The van der Waals surface area contributed by atoms with E-state index in [0.29, 0.717) is 5.82 Å². The zero-order chi connectivity index (χ0) is 14.2. The normalized spacial score (nSPS) is 11.9. The van der Waals surface area contributed by atoms with Crippen LogP contribution >= 0.6 is 0 Å². The van der Waals surface area contributed by atoms with Gasteiger partial charge in [-0.2, -0.15) is 0 Å². The summed E-state index contributed by atoms with van der Waals surface area (Å²) >= 11 is 0. The van der Waals surface area contributed by atoms with E-state index in [2.05, 4.69) is 10.2 Å². The van der Waals surface area contributed by atoms with Gasteiger partial charge in [-0.3, -0.25) is 0 Å². The number of hydrogen-bond donors (Lipinski definition) is 1. The van der Waals surface area contributed by atoms with Crippen molar-refractivity contribution in [2.75, 3.05) is 0 Å². The molecule has 1 aromatic heterocycles. The Morgan fingerprint density at radius 2 is 1.89 bits per heavy atom. The predicted molar refractivity (Wildman–Crippen MR) is 66.3 cm³/mol. The van der Waals surface area contributed by atoms with Gasteiger partial charge in [0.25, 0.3) is 0 Å². The van der Waals surface area contributed by atoms with Crippen LogP contribution in [-0.2, 0) is 12.1 Å². The third kappa shape index (κ3) is 2.35. The van der Waals surface area contributed by atoms with Gasteiger partial charge in [-0.1, -0.05) is 6.07 Å². The summed E-state index contributed by atoms with van der Waals surface area (Å²) in [7, 11) is 0. The topological polar surface area (TPSA) is 50.9 Å². The Morgan fingerprint density at radius 1 is 1.21 bits per heavy atom. The molecule has 6 heteroatoms. The van der Waals surface area contributed by atoms with Crippen molar-refractivity contribution < 1.29 is 13.9 Å². The molecule has 0 aliphatic heterocycles. The summed E-state index contributed by atoms with van der Waals surface area (Å²) in [5.41, 5.74) is -0.433. The minimum atomic E-state index is -0.968. The number of aliphatic hydroxyl groups excluding tert-OH is 1. The molecule has 0 amide bonds. The van der Waals surface area contributed by atoms with E-state index in [0.717, 1.165) is 6.07 Å². The van der Waals surface area contributed by atoms with Crippen molar-refractivity contribution in [2.45, 2.75) is 32.9 Å². The highest BCUT2D eigenvalue weighted by Gasteiger charge is 2.25. The molecular formula is C13H15F2N3O. The summed E-state index contributed by atoms with van der Waals surface area (Å²) in [6.45, 7) is 5.30. The van der Waals surface area contributed by atoms with Crippen LogP contribution in [-0.4, -0.2) is 19.9 Å². The largest absolute Gasteiger partial charge is 0.388 e. The maximum Gasteiger partial charge on any atom is 0.169 e. The maximum absolute atomic E-state index is 13.9. The van der Waals surface area contributed by atoms with Crippen LogP contribution in [0.1, 0.15) is 26.6 Å². The summed E-state index contributed by atoms with van der Waals surface area (Å²) in [4.78, 5) is 0. The highest BCUT2D eigenvalue weighted by molar-refractivity contribution is 5.56. The Labute approximate surface area is 109 Å². The summed E-state index contributed by atoms with van der Waals surface area (Å²) in [5.74, 6) is -1.39. The SMILES string of the molecule is CC(C)(C)n1c(CO)nnc1-c1cccc(F)c1F. The zero-order valence-corrected chi connectivity index (χ0v) is 11.0. The van der Waals surface area contributed by atoms with Gasteiger partial charge in [0.15, 0.2) is 23.3 Å². The average molecular weight is 267 g/mol. The fourth-order valence-corrected chi connectivity index (χ4v) is 1.97. The Bertz CT molecular complexity index is 602. The number of rotatable bonds is 2. The standard InChI is InChI=1S/C13H15F2N3O/c1-13(2,3)18-10(7-19)16-17-12(18)8-5-4-6-9(14)11(8)15/h4-6,19H,7H2,1-3H3. The lowest BCUT2D eigenvalue weighted by molar-refractivity contribution is 0.250. The van der Waals surface area contributed by atoms with Crippen molar-refractivity contribution in [1.29, 1.82) is 0 Å². The van der Waals surface area contributed by atoms with Gasteiger partial charge in [-0.05, 0) is 32.9 Å². The molecule has 0 saturated carbocycles. The van der Waals surface area contributed by atoms with E-state index in [4.69, 9.17) is 0 Å². The van der Waals surface area contributed by atoms with Crippen molar-refractivity contribution in [3.63, 3.8) is 0 Å². The van der Waals surface area contributed by atoms with E-state index in [1.165, 1.54) is 12.1 Å². The lowest BCUT2D eigenvalue weighted by Gasteiger charge is -2.24. The molecule has 0 fully saturated rings. The predicted octanol–water partition coefficient (Wildman–Crippen LogP) is 2.47. The summed E-state index contributed by atoms with van der Waals surface area (Å²) in [6.07, 6.45) is 0. The van der Waals surface area contributed by atoms with Crippen molar-refractivity contribution in [3.8, 4) is 11.4 Å². The average Bonchev–Trinajstić information content (AvgIpc) is 2.76. The molecule has 0 saturated heterocycles. The van der Waals surface area contributed by atoms with Crippen LogP contribution in [0.25, 0.3) is 11.4 Å². The number of aliphatic hydroxyl groups is 1. The first kappa shape index (κ1) is 13.6. The maximum atomic E-state index is 13.9. The molecule has 0 spiro atoms. The molecule has 102 valence electrons. The van der Waals surface area contributed by atoms with Crippen molar-refractivity contribution in [3.05, 3.63) is 35.7 Å². The molecule has 0 aliphatic carbocycles. The van der Waals surface area contributed by atoms with Crippen molar-refractivity contribution in [2.24, 2.45) is 0 Å². The Kier molecular flexibility index (Phi) is 3.36. The Balaban J connectivity index is 2.70. The molecule has 0 radical (unpaired) electrons. The summed E-state index contributed by atoms with van der Waals surface area (Å²) < 4.78 is 28.8. The molecule has 2 aromatic rings. The van der Waals surface area contributed by atoms with Gasteiger partial charge < -0.3 is 9.67 Å². The second kappa shape index (κ2) is 4.70. The first-order chi connectivity index (χ1) is 8.86. The molecular weight excluding hydrogens is 252 g/mol. The monoisotopic (exact) mass is 267 g/mol. The zero-order valence-electron chi connectivity index (χ0n) is 11.0. The molecule has 2 rings (SSSR count). The van der Waals surface area contributed by atoms with Crippen LogP contribution in [0.4, 0.5) is 8.78 Å². The minimum Gasteiger partial charge on any atom is -0.388 e. The molecule has 4 nitrogen and oxygen atoms in total. The van der Waals surface area contributed by atoms with E-state index in [1.54, 1.807) is 4.57 Å². The van der Waals surface area contributed by atoms with Gasteiger partial charge in [0.05, 0.1) is 5.56 Å². The molecule has 1 N–H and O–H groups in total. The highest BCUT2D eigenvalue weighted by Crippen LogP contribution is 2.28. The highest BCUT2D eigenvalue weighted by atomic mass is 19.2. The summed E-state index contributed by atoms with van der Waals surface area (Å²) in [5, 5.41) is 17.0. The van der Waals surface area contributed by atoms with Crippen LogP contribution in [0.3, 0.4) is 0 Å². The quantitative estimate of drug-likeness (QED) is 0.909. The molecule has 0 aliphatic rings. The molecule has 1 heterocycles. The van der Waals surface area contributed by atoms with Crippen LogP contribution in [0.15, 0.2) is 18.2 Å². The van der Waals surface area contributed by atoms with Gasteiger partial charge in [0, 0.05) is 5.54 Å². The molecule has 0 unspecified atom stereocenters. The van der Waals surface area contributed by atoms with Gasteiger partial charge in [0.2, 0.25) is 0 Å². The van der Waals surface area contributed by atoms with E-state index < -0.39 is 17.2 Å². The number of hydrogen-bond acceptors (Lipinski definition) is 3. The number of nitrogens with zero attached hydrogens (tertiary/aromatic N) is 3. The lowest BCUT2D eigenvalue weighted by atomic mass is 10.1. The summed E-state index contributed by atoms with van der Waals surface area (Å²) in [6, 6.07) is 3.89. The van der Waals surface area contributed by atoms with Gasteiger partial charge in [-0.15, -0.1) is 10.2 Å². The van der Waals surface area contributed by atoms with Gasteiger partial charge in [-0.25, -0.2) is 8.78 Å². The second-order valence-corrected chi connectivity index (χ2v) is 5.21. The van der Waals surface area contributed by atoms with Crippen molar-refractivity contribution >= 4 is 0 Å². The fourth-order valence-electron chi connectivity index (χ4n) is 1.97. The Morgan fingerprint density at radius 3 is 2.47 bits per heavy atom. The first-order valence-electron chi connectivity index (χ1n) is 5.86. The smallest absolute Gasteiger partial charge is 0.169 e. The van der Waals surface area contributed by atoms with Crippen molar-refractivity contribution in [1.82, 2.24) is 14.8 Å². The molecule has 1 aromatic carbocycles. The van der Waals surface area contributed by atoms with Crippen LogP contribution in [0.2, 0.25) is 0 Å². The van der Waals surface area contributed by atoms with E-state index >= 15 is 0 Å². The minimum absolute atomic E-state index is 0.0297. The Hall–Kier alpha value is -1.82. The first-order valence-corrected chi connectivity index (χ1v) is 5.86. The lowest BCUT2D eigenvalue weighted by Crippen LogP contribution is -2.25. The van der Waals surface area contributed by atoms with E-state index in [9.17, 15) is 13.9 Å². The second-order valence-electron chi connectivity index (χ2n) is 5.21. The number of halogens is 2. The third-order valence-electron chi connectivity index (χ3n) is 2.73. The van der Waals surface area contributed by atoms with E-state index in [-0.39, 0.29) is 18.0 Å². The van der Waals surface area contributed by atoms with Gasteiger partial charge >= 0.3 is 0 Å². The van der Waals surface area contributed by atoms with Crippen LogP contribution in [0, 0.1) is 11.6 Å². The van der Waals surface area contributed by atoms with Crippen LogP contribution in [0.5, 0.6) is 0 Å². The van der Waals surface area contributed by atoms with Crippen LogP contribution < -0.4 is 0 Å². The number of benzene rings is 1. The fraction of sp³-hybridized carbons (Fsp3) is 0.385. The third-order valence-corrected chi connectivity index (χ3v) is 2.73. The van der Waals surface area contributed by atoms with Gasteiger partial charge in [0.1, 0.15) is 6.61 Å². The molecule has 0 bridgehead atoms.